The third-order valence-corrected chi connectivity index (χ3v) is 3.76. The first-order valence-corrected chi connectivity index (χ1v) is 6.35. The topological polar surface area (TPSA) is 46.4 Å². The quantitative estimate of drug-likeness (QED) is 0.848. The molecule has 16 heavy (non-hydrogen) atoms. The van der Waals surface area contributed by atoms with Crippen molar-refractivity contribution in [3.63, 3.8) is 0 Å². The standard InChI is InChI=1S/C11H13N3OS/c15-10-1-2-12-6-8(10)5-9-7-14-3-4-16-11(14)13-9/h3-4,7-8,12H,1-2,5-6H2. The number of hydrogen-bond donors (Lipinski definition) is 1. The highest BCUT2D eigenvalue weighted by Crippen LogP contribution is 2.16. The van der Waals surface area contributed by atoms with Crippen LogP contribution in [0.1, 0.15) is 12.1 Å². The summed E-state index contributed by atoms with van der Waals surface area (Å²) >= 11 is 1.62. The second-order valence-corrected chi connectivity index (χ2v) is 5.02. The molecule has 0 aromatic carbocycles. The lowest BCUT2D eigenvalue weighted by atomic mass is 9.93. The number of thiazole rings is 1. The monoisotopic (exact) mass is 235 g/mol. The number of carbonyl (C=O) groups is 1. The minimum Gasteiger partial charge on any atom is -0.316 e. The Morgan fingerprint density at radius 2 is 2.56 bits per heavy atom. The molecule has 0 spiro atoms. The van der Waals surface area contributed by atoms with Crippen LogP contribution in [0.25, 0.3) is 4.96 Å². The van der Waals surface area contributed by atoms with E-state index in [1.165, 1.54) is 0 Å². The van der Waals surface area contributed by atoms with Crippen LogP contribution in [0.15, 0.2) is 17.8 Å². The first-order valence-electron chi connectivity index (χ1n) is 5.47. The average Bonchev–Trinajstić information content (AvgIpc) is 2.81. The van der Waals surface area contributed by atoms with Gasteiger partial charge in [0.05, 0.1) is 5.69 Å². The number of hydrogen-bond acceptors (Lipinski definition) is 4. The van der Waals surface area contributed by atoms with E-state index in [9.17, 15) is 4.79 Å². The molecule has 1 aliphatic heterocycles. The van der Waals surface area contributed by atoms with Crippen molar-refractivity contribution in [3.05, 3.63) is 23.5 Å². The van der Waals surface area contributed by atoms with Gasteiger partial charge in [-0.3, -0.25) is 9.20 Å². The van der Waals surface area contributed by atoms with E-state index in [4.69, 9.17) is 0 Å². The van der Waals surface area contributed by atoms with Gasteiger partial charge in [0, 0.05) is 49.6 Å². The first kappa shape index (κ1) is 9.99. The van der Waals surface area contributed by atoms with Crippen molar-refractivity contribution in [2.75, 3.05) is 13.1 Å². The van der Waals surface area contributed by atoms with E-state index in [2.05, 4.69) is 10.3 Å². The smallest absolute Gasteiger partial charge is 0.193 e. The summed E-state index contributed by atoms with van der Waals surface area (Å²) < 4.78 is 2.01. The number of rotatable bonds is 2. The second-order valence-electron chi connectivity index (χ2n) is 4.15. The maximum atomic E-state index is 11.7. The molecule has 2 aromatic rings. The molecule has 1 unspecified atom stereocenters. The molecule has 1 saturated heterocycles. The predicted octanol–water partition coefficient (Wildman–Crippen LogP) is 1.12. The number of carbonyl (C=O) groups excluding carboxylic acids is 1. The van der Waals surface area contributed by atoms with Gasteiger partial charge in [-0.05, 0) is 0 Å². The molecule has 84 valence electrons. The molecule has 2 aromatic heterocycles. The third-order valence-electron chi connectivity index (χ3n) is 2.99. The molecular weight excluding hydrogens is 222 g/mol. The number of Topliss-reactive ketones (excluding diaryl/α,β-unsaturated/α-hetero) is 1. The zero-order valence-corrected chi connectivity index (χ0v) is 9.67. The fraction of sp³-hybridized carbons (Fsp3) is 0.455. The summed E-state index contributed by atoms with van der Waals surface area (Å²) in [6.45, 7) is 1.62. The lowest BCUT2D eigenvalue weighted by Crippen LogP contribution is -2.38. The normalized spacial score (nSPS) is 21.8. The Morgan fingerprint density at radius 1 is 1.62 bits per heavy atom. The molecule has 1 N–H and O–H groups in total. The largest absolute Gasteiger partial charge is 0.316 e. The van der Waals surface area contributed by atoms with Gasteiger partial charge in [0.2, 0.25) is 0 Å². The number of imidazole rings is 1. The van der Waals surface area contributed by atoms with E-state index in [1.54, 1.807) is 11.3 Å². The molecule has 4 nitrogen and oxygen atoms in total. The van der Waals surface area contributed by atoms with Crippen LogP contribution >= 0.6 is 11.3 Å². The van der Waals surface area contributed by atoms with Crippen LogP contribution in [0.3, 0.4) is 0 Å². The van der Waals surface area contributed by atoms with Crippen molar-refractivity contribution in [1.82, 2.24) is 14.7 Å². The van der Waals surface area contributed by atoms with Gasteiger partial charge in [0.1, 0.15) is 5.78 Å². The molecule has 0 saturated carbocycles. The molecule has 1 aliphatic rings. The van der Waals surface area contributed by atoms with Gasteiger partial charge in [-0.15, -0.1) is 11.3 Å². The van der Waals surface area contributed by atoms with Gasteiger partial charge >= 0.3 is 0 Å². The first-order chi connectivity index (χ1) is 7.83. The highest BCUT2D eigenvalue weighted by atomic mass is 32.1. The van der Waals surface area contributed by atoms with Crippen molar-refractivity contribution >= 4 is 22.1 Å². The van der Waals surface area contributed by atoms with Crippen LogP contribution in [0, 0.1) is 5.92 Å². The SMILES string of the molecule is O=C1CCNCC1Cc1cn2ccsc2n1. The number of piperidine rings is 1. The Morgan fingerprint density at radius 3 is 3.38 bits per heavy atom. The summed E-state index contributed by atoms with van der Waals surface area (Å²) in [6.07, 6.45) is 5.44. The fourth-order valence-corrected chi connectivity index (χ4v) is 2.84. The van der Waals surface area contributed by atoms with Crippen LogP contribution in [0.5, 0.6) is 0 Å². The van der Waals surface area contributed by atoms with Gasteiger partial charge in [0.25, 0.3) is 0 Å². The maximum absolute atomic E-state index is 11.7. The van der Waals surface area contributed by atoms with E-state index >= 15 is 0 Å². The molecule has 3 rings (SSSR count). The molecule has 1 atom stereocenters. The van der Waals surface area contributed by atoms with E-state index in [1.807, 2.05) is 22.2 Å². The van der Waals surface area contributed by atoms with Crippen LogP contribution in [0.4, 0.5) is 0 Å². The predicted molar refractivity (Wildman–Crippen MR) is 62.8 cm³/mol. The average molecular weight is 235 g/mol. The number of nitrogens with zero attached hydrogens (tertiary/aromatic N) is 2. The Bertz CT molecular complexity index is 488. The summed E-state index contributed by atoms with van der Waals surface area (Å²) in [5, 5.41) is 5.27. The summed E-state index contributed by atoms with van der Waals surface area (Å²) in [4.78, 5) is 17.2. The fourth-order valence-electron chi connectivity index (χ4n) is 2.12. The third kappa shape index (κ3) is 1.76. The zero-order valence-electron chi connectivity index (χ0n) is 8.85. The minimum atomic E-state index is 0.110. The van der Waals surface area contributed by atoms with Crippen LogP contribution in [0.2, 0.25) is 0 Å². The maximum Gasteiger partial charge on any atom is 0.193 e. The van der Waals surface area contributed by atoms with E-state index in [0.29, 0.717) is 12.2 Å². The van der Waals surface area contributed by atoms with E-state index in [0.717, 1.165) is 30.2 Å². The molecule has 3 heterocycles. The summed E-state index contributed by atoms with van der Waals surface area (Å²) in [5.41, 5.74) is 1.02. The molecule has 0 radical (unpaired) electrons. The number of nitrogens with one attached hydrogen (secondary N) is 1. The lowest BCUT2D eigenvalue weighted by molar-refractivity contribution is -0.123. The van der Waals surface area contributed by atoms with Gasteiger partial charge in [-0.25, -0.2) is 4.98 Å². The number of ketones is 1. The van der Waals surface area contributed by atoms with Crippen molar-refractivity contribution in [2.24, 2.45) is 5.92 Å². The van der Waals surface area contributed by atoms with E-state index in [-0.39, 0.29) is 5.92 Å². The number of aromatic nitrogens is 2. The minimum absolute atomic E-state index is 0.110. The molecule has 0 bridgehead atoms. The van der Waals surface area contributed by atoms with Gasteiger partial charge < -0.3 is 5.32 Å². The van der Waals surface area contributed by atoms with Crippen molar-refractivity contribution in [3.8, 4) is 0 Å². The van der Waals surface area contributed by atoms with Crippen molar-refractivity contribution in [1.29, 1.82) is 0 Å². The van der Waals surface area contributed by atoms with Gasteiger partial charge in [-0.1, -0.05) is 0 Å². The highest BCUT2D eigenvalue weighted by Gasteiger charge is 2.23. The van der Waals surface area contributed by atoms with Gasteiger partial charge in [-0.2, -0.15) is 0 Å². The van der Waals surface area contributed by atoms with Crippen LogP contribution < -0.4 is 5.32 Å². The highest BCUT2D eigenvalue weighted by molar-refractivity contribution is 7.15. The summed E-state index contributed by atoms with van der Waals surface area (Å²) in [5.74, 6) is 0.480. The number of fused-ring (bicyclic) bond motifs is 1. The van der Waals surface area contributed by atoms with E-state index < -0.39 is 0 Å². The molecule has 0 amide bonds. The summed E-state index contributed by atoms with van der Waals surface area (Å²) in [6, 6.07) is 0. The Kier molecular flexibility index (Phi) is 2.49. The van der Waals surface area contributed by atoms with Crippen molar-refractivity contribution < 1.29 is 4.79 Å². The Hall–Kier alpha value is -1.20. The van der Waals surface area contributed by atoms with Crippen LogP contribution in [-0.2, 0) is 11.2 Å². The Labute approximate surface area is 97.3 Å². The van der Waals surface area contributed by atoms with Crippen LogP contribution in [-0.4, -0.2) is 28.3 Å². The summed E-state index contributed by atoms with van der Waals surface area (Å²) in [7, 11) is 0. The Balaban J connectivity index is 1.78. The zero-order chi connectivity index (χ0) is 11.0. The van der Waals surface area contributed by atoms with Gasteiger partial charge in [0.15, 0.2) is 4.96 Å². The molecule has 5 heteroatoms. The molecule has 0 aliphatic carbocycles. The molecule has 1 fully saturated rings. The lowest BCUT2D eigenvalue weighted by Gasteiger charge is -2.20. The second kappa shape index (κ2) is 3.99. The van der Waals surface area contributed by atoms with Crippen molar-refractivity contribution in [2.45, 2.75) is 12.8 Å². The molecular formula is C11H13N3OS.